The molecule has 0 atom stereocenters. The number of carboxylic acid groups (broad SMARTS) is 1. The van der Waals surface area contributed by atoms with E-state index in [1.165, 1.54) is 6.33 Å². The van der Waals surface area contributed by atoms with Crippen molar-refractivity contribution in [3.05, 3.63) is 59.8 Å². The molecule has 1 aliphatic heterocycles. The highest BCUT2D eigenvalue weighted by molar-refractivity contribution is 5.90. The number of nitrogens with zero attached hydrogens (tertiary/aromatic N) is 6. The van der Waals surface area contributed by atoms with Gasteiger partial charge in [-0.25, -0.2) is 14.3 Å². The molecule has 1 N–H and O–H groups in total. The number of carbonyl (C=O) groups is 1. The van der Waals surface area contributed by atoms with Gasteiger partial charge in [0.2, 0.25) is 0 Å². The van der Waals surface area contributed by atoms with Gasteiger partial charge < -0.3 is 5.11 Å². The number of hydrogen-bond acceptors (Lipinski definition) is 5. The van der Waals surface area contributed by atoms with Crippen molar-refractivity contribution >= 4 is 17.7 Å². The van der Waals surface area contributed by atoms with Crippen molar-refractivity contribution < 1.29 is 9.90 Å². The molecule has 5 heterocycles. The fourth-order valence-corrected chi connectivity index (χ4v) is 3.90. The predicted octanol–water partition coefficient (Wildman–Crippen LogP) is 3.01. The fourth-order valence-electron chi connectivity index (χ4n) is 3.90. The van der Waals surface area contributed by atoms with E-state index in [0.29, 0.717) is 11.3 Å². The number of fused-ring (bicyclic) bond motifs is 2. The van der Waals surface area contributed by atoms with Crippen molar-refractivity contribution in [1.29, 1.82) is 0 Å². The number of carboxylic acids is 1. The first kappa shape index (κ1) is 17.3. The van der Waals surface area contributed by atoms with E-state index in [2.05, 4.69) is 15.1 Å². The molecule has 4 aromatic rings. The molecule has 4 aromatic heterocycles. The molecule has 0 saturated carbocycles. The Morgan fingerprint density at radius 2 is 2.14 bits per heavy atom. The Kier molecular flexibility index (Phi) is 3.97. The molecule has 0 spiro atoms. The van der Waals surface area contributed by atoms with E-state index in [1.54, 1.807) is 10.6 Å². The monoisotopic (exact) mass is 386 g/mol. The van der Waals surface area contributed by atoms with Crippen molar-refractivity contribution in [3.63, 3.8) is 0 Å². The second-order valence-corrected chi connectivity index (χ2v) is 7.00. The molecule has 1 aliphatic rings. The van der Waals surface area contributed by atoms with Crippen LogP contribution in [-0.4, -0.2) is 40.4 Å². The summed E-state index contributed by atoms with van der Waals surface area (Å²) in [5, 5.41) is 18.3. The van der Waals surface area contributed by atoms with Gasteiger partial charge in [-0.2, -0.15) is 10.2 Å². The highest BCUT2D eigenvalue weighted by atomic mass is 16.4. The molecule has 0 unspecified atom stereocenters. The van der Waals surface area contributed by atoms with Gasteiger partial charge in [0, 0.05) is 35.1 Å². The Bertz CT molecular complexity index is 1280. The van der Waals surface area contributed by atoms with Crippen LogP contribution in [0.25, 0.3) is 34.2 Å². The first-order valence-corrected chi connectivity index (χ1v) is 9.39. The van der Waals surface area contributed by atoms with Crippen LogP contribution in [0.1, 0.15) is 23.5 Å². The molecule has 0 aliphatic carbocycles. The van der Waals surface area contributed by atoms with Crippen LogP contribution in [0.2, 0.25) is 0 Å². The molecule has 144 valence electrons. The minimum atomic E-state index is -1.02. The first-order valence-electron chi connectivity index (χ1n) is 9.39. The van der Waals surface area contributed by atoms with Crippen LogP contribution in [0, 0.1) is 6.92 Å². The summed E-state index contributed by atoms with van der Waals surface area (Å²) in [6.07, 6.45) is 6.08. The predicted molar refractivity (Wildman–Crippen MR) is 107 cm³/mol. The Labute approximate surface area is 166 Å². The fraction of sp³-hybridized carbons (Fsp3) is 0.190. The molecule has 29 heavy (non-hydrogen) atoms. The zero-order chi connectivity index (χ0) is 20.0. The van der Waals surface area contributed by atoms with E-state index < -0.39 is 5.97 Å². The third-order valence-corrected chi connectivity index (χ3v) is 5.10. The third-order valence-electron chi connectivity index (χ3n) is 5.10. The van der Waals surface area contributed by atoms with Gasteiger partial charge in [0.05, 0.1) is 11.4 Å². The standard InChI is InChI=1S/C21H18N6O2/c1-13-4-2-5-15(24-13)21-20(17-6-3-11-26(17)25-21)14-7-9-18-22-12-23-27(18)16(14)8-10-19(28)29/h2,4-5,7-10,12H,3,6,11H2,1H3,(H,28,29). The second kappa shape index (κ2) is 6.66. The number of aromatic nitrogens is 6. The number of aliphatic carboxylic acids is 1. The lowest BCUT2D eigenvalue weighted by molar-refractivity contribution is -0.131. The molecule has 5 rings (SSSR count). The maximum absolute atomic E-state index is 11.2. The highest BCUT2D eigenvalue weighted by Gasteiger charge is 2.26. The van der Waals surface area contributed by atoms with Crippen LogP contribution in [0.5, 0.6) is 0 Å². The van der Waals surface area contributed by atoms with Crippen LogP contribution >= 0.6 is 0 Å². The molecule has 0 saturated heterocycles. The lowest BCUT2D eigenvalue weighted by atomic mass is 9.98. The Hall–Kier alpha value is -3.81. The quantitative estimate of drug-likeness (QED) is 0.542. The minimum Gasteiger partial charge on any atom is -0.478 e. The molecule has 0 radical (unpaired) electrons. The maximum Gasteiger partial charge on any atom is 0.328 e. The summed E-state index contributed by atoms with van der Waals surface area (Å²) in [5.41, 5.74) is 6.79. The largest absolute Gasteiger partial charge is 0.478 e. The van der Waals surface area contributed by atoms with Gasteiger partial charge in [0.15, 0.2) is 5.65 Å². The summed E-state index contributed by atoms with van der Waals surface area (Å²) < 4.78 is 3.69. The van der Waals surface area contributed by atoms with Gasteiger partial charge in [0.25, 0.3) is 0 Å². The van der Waals surface area contributed by atoms with Crippen molar-refractivity contribution in [2.45, 2.75) is 26.3 Å². The van der Waals surface area contributed by atoms with Crippen molar-refractivity contribution in [3.8, 4) is 22.5 Å². The minimum absolute atomic E-state index is 0.651. The second-order valence-electron chi connectivity index (χ2n) is 7.00. The molecular weight excluding hydrogens is 368 g/mol. The lowest BCUT2D eigenvalue weighted by Gasteiger charge is -2.10. The highest BCUT2D eigenvalue weighted by Crippen LogP contribution is 2.39. The first-order chi connectivity index (χ1) is 14.1. The normalized spacial score (nSPS) is 13.4. The van der Waals surface area contributed by atoms with E-state index in [-0.39, 0.29) is 0 Å². The van der Waals surface area contributed by atoms with E-state index in [1.807, 2.05) is 41.9 Å². The Morgan fingerprint density at radius 3 is 2.97 bits per heavy atom. The van der Waals surface area contributed by atoms with Gasteiger partial charge >= 0.3 is 5.97 Å². The molecule has 0 fully saturated rings. The molecule has 8 heteroatoms. The lowest BCUT2D eigenvalue weighted by Crippen LogP contribution is -2.00. The average Bonchev–Trinajstić information content (AvgIpc) is 3.41. The van der Waals surface area contributed by atoms with Gasteiger partial charge in [-0.3, -0.25) is 9.67 Å². The number of rotatable bonds is 4. The topological polar surface area (TPSA) is 98.2 Å². The van der Waals surface area contributed by atoms with Crippen LogP contribution < -0.4 is 0 Å². The zero-order valence-electron chi connectivity index (χ0n) is 15.8. The van der Waals surface area contributed by atoms with E-state index >= 15 is 0 Å². The number of pyridine rings is 2. The van der Waals surface area contributed by atoms with E-state index in [4.69, 9.17) is 5.10 Å². The molecule has 0 amide bonds. The third kappa shape index (κ3) is 2.89. The van der Waals surface area contributed by atoms with Crippen LogP contribution in [0.3, 0.4) is 0 Å². The maximum atomic E-state index is 11.2. The molecule has 8 nitrogen and oxygen atoms in total. The molecule has 0 bridgehead atoms. The van der Waals surface area contributed by atoms with Crippen molar-refractivity contribution in [2.75, 3.05) is 0 Å². The zero-order valence-corrected chi connectivity index (χ0v) is 15.8. The van der Waals surface area contributed by atoms with Gasteiger partial charge in [-0.15, -0.1) is 0 Å². The van der Waals surface area contributed by atoms with Crippen molar-refractivity contribution in [1.82, 2.24) is 29.4 Å². The summed E-state index contributed by atoms with van der Waals surface area (Å²) in [4.78, 5) is 20.1. The van der Waals surface area contributed by atoms with Gasteiger partial charge in [-0.05, 0) is 50.1 Å². The van der Waals surface area contributed by atoms with Gasteiger partial charge in [0.1, 0.15) is 12.0 Å². The molecular formula is C21H18N6O2. The Balaban J connectivity index is 1.81. The van der Waals surface area contributed by atoms with Gasteiger partial charge in [-0.1, -0.05) is 6.07 Å². The average molecular weight is 386 g/mol. The van der Waals surface area contributed by atoms with Crippen LogP contribution in [-0.2, 0) is 17.8 Å². The summed E-state index contributed by atoms with van der Waals surface area (Å²) in [6, 6.07) is 9.72. The summed E-state index contributed by atoms with van der Waals surface area (Å²) in [7, 11) is 0. The Morgan fingerprint density at radius 1 is 1.24 bits per heavy atom. The van der Waals surface area contributed by atoms with Crippen molar-refractivity contribution in [2.24, 2.45) is 0 Å². The van der Waals surface area contributed by atoms with E-state index in [9.17, 15) is 9.90 Å². The van der Waals surface area contributed by atoms with Crippen LogP contribution in [0.4, 0.5) is 0 Å². The number of hydrogen-bond donors (Lipinski definition) is 1. The molecule has 0 aromatic carbocycles. The SMILES string of the molecule is Cc1cccc(-c2nn3c(c2-c2ccc4ncnn4c2C=CC(=O)O)CCC3)n1. The van der Waals surface area contributed by atoms with E-state index in [0.717, 1.165) is 59.4 Å². The summed E-state index contributed by atoms with van der Waals surface area (Å²) in [5.74, 6) is -1.02. The number of aryl methyl sites for hydroxylation is 2. The summed E-state index contributed by atoms with van der Waals surface area (Å²) >= 11 is 0. The van der Waals surface area contributed by atoms with Crippen LogP contribution in [0.15, 0.2) is 42.7 Å². The summed E-state index contributed by atoms with van der Waals surface area (Å²) in [6.45, 7) is 2.81. The smallest absolute Gasteiger partial charge is 0.328 e.